The molecule has 1 saturated heterocycles. The molecule has 2 N–H and O–H groups in total. The van der Waals surface area contributed by atoms with E-state index in [-0.39, 0.29) is 6.09 Å². The zero-order valence-corrected chi connectivity index (χ0v) is 17.1. The summed E-state index contributed by atoms with van der Waals surface area (Å²) in [5.41, 5.74) is 0. The van der Waals surface area contributed by atoms with E-state index in [1.165, 1.54) is 0 Å². The minimum atomic E-state index is -0.214. The first-order chi connectivity index (χ1) is 13.0. The van der Waals surface area contributed by atoms with Crippen LogP contribution in [0.5, 0.6) is 0 Å². The van der Waals surface area contributed by atoms with Gasteiger partial charge in [0, 0.05) is 44.6 Å². The first-order valence-corrected chi connectivity index (χ1v) is 10.00. The fourth-order valence-corrected chi connectivity index (χ4v) is 3.14. The summed E-state index contributed by atoms with van der Waals surface area (Å²) >= 11 is 0. The standard InChI is InChI=1S/C19H34N6O2/c1-5-20-18(22-13-17-21-9-12-25(17)14-15(3)4)23-16-7-10-24(11-8-16)19(26)27-6-2/h9,12,15-16H,5-8,10-11,13-14H2,1-4H3,(H2,20,22,23). The maximum atomic E-state index is 11.8. The number of piperidine rings is 1. The second-order valence-corrected chi connectivity index (χ2v) is 7.19. The van der Waals surface area contributed by atoms with Crippen LogP contribution in [0.1, 0.15) is 46.4 Å². The fourth-order valence-electron chi connectivity index (χ4n) is 3.14. The van der Waals surface area contributed by atoms with Crippen molar-refractivity contribution in [3.05, 3.63) is 18.2 Å². The highest BCUT2D eigenvalue weighted by molar-refractivity contribution is 5.80. The molecule has 0 bridgehead atoms. The number of carbonyl (C=O) groups excluding carboxylic acids is 1. The topological polar surface area (TPSA) is 83.8 Å². The molecule has 27 heavy (non-hydrogen) atoms. The van der Waals surface area contributed by atoms with Gasteiger partial charge in [-0.1, -0.05) is 13.8 Å². The number of aliphatic imine (C=N–C) groups is 1. The molecule has 8 heteroatoms. The van der Waals surface area contributed by atoms with Gasteiger partial charge in [0.25, 0.3) is 0 Å². The molecule has 8 nitrogen and oxygen atoms in total. The molecule has 0 aromatic carbocycles. The van der Waals surface area contributed by atoms with Gasteiger partial charge in [-0.05, 0) is 32.6 Å². The maximum Gasteiger partial charge on any atom is 0.409 e. The van der Waals surface area contributed by atoms with Crippen LogP contribution in [-0.2, 0) is 17.8 Å². The average Bonchev–Trinajstić information content (AvgIpc) is 3.07. The minimum absolute atomic E-state index is 0.214. The number of imidazole rings is 1. The Hall–Kier alpha value is -2.25. The summed E-state index contributed by atoms with van der Waals surface area (Å²) < 4.78 is 7.24. The van der Waals surface area contributed by atoms with Gasteiger partial charge in [0.15, 0.2) is 5.96 Å². The summed E-state index contributed by atoms with van der Waals surface area (Å²) in [6.45, 7) is 12.4. The number of aromatic nitrogens is 2. The molecule has 1 aromatic rings. The number of nitrogens with one attached hydrogen (secondary N) is 2. The third-order valence-electron chi connectivity index (χ3n) is 4.45. The second kappa shape index (κ2) is 10.8. The fraction of sp³-hybridized carbons (Fsp3) is 0.737. The van der Waals surface area contributed by atoms with Gasteiger partial charge in [0.2, 0.25) is 0 Å². The summed E-state index contributed by atoms with van der Waals surface area (Å²) in [6, 6.07) is 0.295. The summed E-state index contributed by atoms with van der Waals surface area (Å²) in [6.07, 6.45) is 5.39. The highest BCUT2D eigenvalue weighted by atomic mass is 16.6. The number of carbonyl (C=O) groups is 1. The van der Waals surface area contributed by atoms with Crippen LogP contribution in [0.25, 0.3) is 0 Å². The molecule has 2 rings (SSSR count). The van der Waals surface area contributed by atoms with Crippen molar-refractivity contribution >= 4 is 12.1 Å². The highest BCUT2D eigenvalue weighted by Gasteiger charge is 2.24. The van der Waals surface area contributed by atoms with Crippen LogP contribution < -0.4 is 10.6 Å². The summed E-state index contributed by atoms with van der Waals surface area (Å²) in [5.74, 6) is 2.34. The number of hydrogen-bond donors (Lipinski definition) is 2. The Balaban J connectivity index is 1.89. The van der Waals surface area contributed by atoms with Crippen LogP contribution in [0, 0.1) is 5.92 Å². The largest absolute Gasteiger partial charge is 0.450 e. The average molecular weight is 379 g/mol. The van der Waals surface area contributed by atoms with Gasteiger partial charge >= 0.3 is 6.09 Å². The van der Waals surface area contributed by atoms with Crippen LogP contribution in [0.4, 0.5) is 4.79 Å². The number of likely N-dealkylation sites (tertiary alicyclic amines) is 1. The number of amides is 1. The van der Waals surface area contributed by atoms with Gasteiger partial charge < -0.3 is 24.8 Å². The Bertz CT molecular complexity index is 605. The molecule has 1 aliphatic heterocycles. The van der Waals surface area contributed by atoms with Crippen molar-refractivity contribution in [3.8, 4) is 0 Å². The molecule has 1 fully saturated rings. The van der Waals surface area contributed by atoms with E-state index in [0.717, 1.165) is 37.7 Å². The van der Waals surface area contributed by atoms with E-state index in [2.05, 4.69) is 41.0 Å². The van der Waals surface area contributed by atoms with Gasteiger partial charge in [0.1, 0.15) is 12.4 Å². The van der Waals surface area contributed by atoms with Crippen molar-refractivity contribution in [2.75, 3.05) is 26.2 Å². The zero-order valence-electron chi connectivity index (χ0n) is 17.1. The maximum absolute atomic E-state index is 11.8. The monoisotopic (exact) mass is 378 g/mol. The molecule has 0 spiro atoms. The van der Waals surface area contributed by atoms with E-state index in [0.29, 0.717) is 38.2 Å². The van der Waals surface area contributed by atoms with Crippen molar-refractivity contribution in [1.82, 2.24) is 25.1 Å². The lowest BCUT2D eigenvalue weighted by Gasteiger charge is -2.32. The third kappa shape index (κ3) is 6.77. The molecule has 0 radical (unpaired) electrons. The Morgan fingerprint density at radius 1 is 1.37 bits per heavy atom. The SMILES string of the molecule is CCNC(=NCc1nccn1CC(C)C)NC1CCN(C(=O)OCC)CC1. The number of rotatable bonds is 7. The third-order valence-corrected chi connectivity index (χ3v) is 4.45. The van der Waals surface area contributed by atoms with Crippen molar-refractivity contribution in [3.63, 3.8) is 0 Å². The Morgan fingerprint density at radius 2 is 2.11 bits per heavy atom. The first-order valence-electron chi connectivity index (χ1n) is 10.00. The van der Waals surface area contributed by atoms with Crippen molar-refractivity contribution in [2.45, 2.75) is 59.7 Å². The normalized spacial score (nSPS) is 15.9. The summed E-state index contributed by atoms with van der Waals surface area (Å²) in [7, 11) is 0. The molecular formula is C19H34N6O2. The van der Waals surface area contributed by atoms with E-state index in [1.54, 1.807) is 4.90 Å². The van der Waals surface area contributed by atoms with Gasteiger partial charge in [-0.15, -0.1) is 0 Å². The molecule has 0 atom stereocenters. The van der Waals surface area contributed by atoms with Crippen LogP contribution in [0.2, 0.25) is 0 Å². The van der Waals surface area contributed by atoms with Crippen LogP contribution in [0.15, 0.2) is 17.4 Å². The van der Waals surface area contributed by atoms with Crippen LogP contribution in [0.3, 0.4) is 0 Å². The Kier molecular flexibility index (Phi) is 8.42. The molecular weight excluding hydrogens is 344 g/mol. The van der Waals surface area contributed by atoms with Crippen molar-refractivity contribution in [1.29, 1.82) is 0 Å². The zero-order chi connectivity index (χ0) is 19.6. The van der Waals surface area contributed by atoms with E-state index >= 15 is 0 Å². The number of ether oxygens (including phenoxy) is 1. The minimum Gasteiger partial charge on any atom is -0.450 e. The molecule has 0 saturated carbocycles. The molecule has 0 aliphatic carbocycles. The smallest absolute Gasteiger partial charge is 0.409 e. The van der Waals surface area contributed by atoms with Gasteiger partial charge in [-0.3, -0.25) is 0 Å². The Labute approximate surface area is 162 Å². The van der Waals surface area contributed by atoms with Gasteiger partial charge in [-0.25, -0.2) is 14.8 Å². The van der Waals surface area contributed by atoms with Crippen LogP contribution in [-0.4, -0.2) is 58.8 Å². The second-order valence-electron chi connectivity index (χ2n) is 7.19. The lowest BCUT2D eigenvalue weighted by atomic mass is 10.1. The predicted molar refractivity (Wildman–Crippen MR) is 107 cm³/mol. The predicted octanol–water partition coefficient (Wildman–Crippen LogP) is 2.22. The molecule has 1 amide bonds. The van der Waals surface area contributed by atoms with E-state index in [1.807, 2.05) is 19.3 Å². The molecule has 0 unspecified atom stereocenters. The summed E-state index contributed by atoms with van der Waals surface area (Å²) in [4.78, 5) is 22.7. The van der Waals surface area contributed by atoms with E-state index < -0.39 is 0 Å². The summed E-state index contributed by atoms with van der Waals surface area (Å²) in [5, 5.41) is 6.80. The van der Waals surface area contributed by atoms with Gasteiger partial charge in [0.05, 0.1) is 6.61 Å². The van der Waals surface area contributed by atoms with E-state index in [4.69, 9.17) is 9.73 Å². The number of guanidine groups is 1. The van der Waals surface area contributed by atoms with Crippen molar-refractivity contribution < 1.29 is 9.53 Å². The quantitative estimate of drug-likeness (QED) is 0.561. The van der Waals surface area contributed by atoms with Crippen LogP contribution >= 0.6 is 0 Å². The van der Waals surface area contributed by atoms with E-state index in [9.17, 15) is 4.79 Å². The molecule has 2 heterocycles. The highest BCUT2D eigenvalue weighted by Crippen LogP contribution is 2.12. The van der Waals surface area contributed by atoms with Gasteiger partial charge in [-0.2, -0.15) is 0 Å². The number of nitrogens with zero attached hydrogens (tertiary/aromatic N) is 4. The first kappa shape index (κ1) is 21.1. The lowest BCUT2D eigenvalue weighted by molar-refractivity contribution is 0.0963. The van der Waals surface area contributed by atoms with Crippen molar-refractivity contribution in [2.24, 2.45) is 10.9 Å². The Morgan fingerprint density at radius 3 is 2.74 bits per heavy atom. The lowest BCUT2D eigenvalue weighted by Crippen LogP contribution is -2.49. The molecule has 1 aliphatic rings. The number of hydrogen-bond acceptors (Lipinski definition) is 4. The molecule has 152 valence electrons. The molecule has 1 aromatic heterocycles.